The Morgan fingerprint density at radius 1 is 1.25 bits per heavy atom. The van der Waals surface area contributed by atoms with E-state index in [2.05, 4.69) is 10.3 Å². The first-order chi connectivity index (χ1) is 9.65. The quantitative estimate of drug-likeness (QED) is 0.880. The summed E-state index contributed by atoms with van der Waals surface area (Å²) in [7, 11) is 0. The van der Waals surface area contributed by atoms with Crippen LogP contribution < -0.4 is 5.32 Å². The minimum Gasteiger partial charge on any atom is -0.445 e. The number of rotatable bonds is 4. The van der Waals surface area contributed by atoms with Gasteiger partial charge < -0.3 is 10.1 Å². The zero-order valence-corrected chi connectivity index (χ0v) is 11.2. The highest BCUT2D eigenvalue weighted by Gasteiger charge is 2.06. The molecule has 0 saturated heterocycles. The monoisotopic (exact) mass is 294 g/mol. The number of amides is 1. The summed E-state index contributed by atoms with van der Waals surface area (Å²) in [6.07, 6.45) is -0.592. The van der Waals surface area contributed by atoms with Crippen molar-refractivity contribution in [1.29, 1.82) is 0 Å². The van der Waals surface area contributed by atoms with Crippen LogP contribution in [-0.2, 0) is 17.9 Å². The number of benzene rings is 1. The minimum absolute atomic E-state index is 0.0552. The van der Waals surface area contributed by atoms with E-state index < -0.39 is 12.0 Å². The highest BCUT2D eigenvalue weighted by molar-refractivity contribution is 6.30. The molecule has 20 heavy (non-hydrogen) atoms. The molecule has 2 aromatic rings. The molecule has 0 aliphatic heterocycles. The first-order valence-electron chi connectivity index (χ1n) is 5.90. The summed E-state index contributed by atoms with van der Waals surface area (Å²) in [5, 5.41) is 2.43. The Balaban J connectivity index is 1.79. The summed E-state index contributed by atoms with van der Waals surface area (Å²) in [5.41, 5.74) is 1.25. The van der Waals surface area contributed by atoms with E-state index in [9.17, 15) is 9.18 Å². The van der Waals surface area contributed by atoms with Crippen molar-refractivity contribution in [2.24, 2.45) is 0 Å². The smallest absolute Gasteiger partial charge is 0.407 e. The Hall–Kier alpha value is -2.14. The number of carbonyl (C=O) groups excluding carboxylic acids is 1. The molecule has 0 radical (unpaired) electrons. The van der Waals surface area contributed by atoms with Crippen molar-refractivity contribution in [3.05, 3.63) is 64.7 Å². The van der Waals surface area contributed by atoms with Gasteiger partial charge in [0.2, 0.25) is 5.95 Å². The molecule has 0 unspecified atom stereocenters. The van der Waals surface area contributed by atoms with Gasteiger partial charge in [-0.3, -0.25) is 0 Å². The largest absolute Gasteiger partial charge is 0.445 e. The van der Waals surface area contributed by atoms with E-state index in [1.54, 1.807) is 0 Å². The standard InChI is InChI=1S/C14H12ClFN2O2/c15-12-7-6-11(18-13(12)16)8-17-14(19)20-9-10-4-2-1-3-5-10/h1-7H,8-9H2,(H,17,19). The Kier molecular flexibility index (Phi) is 4.90. The molecule has 1 aromatic heterocycles. The van der Waals surface area contributed by atoms with Crippen LogP contribution in [0.4, 0.5) is 9.18 Å². The maximum Gasteiger partial charge on any atom is 0.407 e. The lowest BCUT2D eigenvalue weighted by molar-refractivity contribution is 0.139. The van der Waals surface area contributed by atoms with Gasteiger partial charge >= 0.3 is 6.09 Å². The number of halogens is 2. The highest BCUT2D eigenvalue weighted by atomic mass is 35.5. The van der Waals surface area contributed by atoms with Crippen molar-refractivity contribution in [3.63, 3.8) is 0 Å². The average molecular weight is 295 g/mol. The summed E-state index contributed by atoms with van der Waals surface area (Å²) in [6, 6.07) is 12.2. The molecule has 0 spiro atoms. The number of hydrogen-bond acceptors (Lipinski definition) is 3. The fourth-order valence-electron chi connectivity index (χ4n) is 1.49. The van der Waals surface area contributed by atoms with Gasteiger partial charge in [-0.15, -0.1) is 0 Å². The molecule has 1 aromatic carbocycles. The van der Waals surface area contributed by atoms with Gasteiger partial charge in [-0.1, -0.05) is 41.9 Å². The third-order valence-corrected chi connectivity index (χ3v) is 2.77. The number of carbonyl (C=O) groups is 1. The van der Waals surface area contributed by atoms with Crippen molar-refractivity contribution in [3.8, 4) is 0 Å². The summed E-state index contributed by atoms with van der Waals surface area (Å²) in [6.45, 7) is 0.247. The molecular weight excluding hydrogens is 283 g/mol. The van der Waals surface area contributed by atoms with Crippen molar-refractivity contribution in [1.82, 2.24) is 10.3 Å². The van der Waals surface area contributed by atoms with Crippen LogP contribution in [0.5, 0.6) is 0 Å². The predicted molar refractivity (Wildman–Crippen MR) is 72.7 cm³/mol. The summed E-state index contributed by atoms with van der Waals surface area (Å²) < 4.78 is 18.1. The average Bonchev–Trinajstić information content (AvgIpc) is 2.47. The van der Waals surface area contributed by atoms with Gasteiger partial charge in [0, 0.05) is 0 Å². The Bertz CT molecular complexity index is 593. The van der Waals surface area contributed by atoms with Crippen LogP contribution in [0, 0.1) is 5.95 Å². The van der Waals surface area contributed by atoms with E-state index in [4.69, 9.17) is 16.3 Å². The van der Waals surface area contributed by atoms with Gasteiger partial charge in [0.15, 0.2) is 0 Å². The number of alkyl carbamates (subject to hydrolysis) is 1. The third kappa shape index (κ3) is 4.20. The second kappa shape index (κ2) is 6.86. The van der Waals surface area contributed by atoms with Crippen LogP contribution in [0.2, 0.25) is 5.02 Å². The van der Waals surface area contributed by atoms with Gasteiger partial charge in [-0.25, -0.2) is 9.78 Å². The predicted octanol–water partition coefficient (Wildman–Crippen LogP) is 3.30. The number of aromatic nitrogens is 1. The van der Waals surface area contributed by atoms with Crippen LogP contribution in [0.25, 0.3) is 0 Å². The Morgan fingerprint density at radius 2 is 2.00 bits per heavy atom. The van der Waals surface area contributed by atoms with Gasteiger partial charge in [-0.05, 0) is 17.7 Å². The Morgan fingerprint density at radius 3 is 2.70 bits per heavy atom. The minimum atomic E-state index is -0.761. The van der Waals surface area contributed by atoms with Crippen LogP contribution in [-0.4, -0.2) is 11.1 Å². The molecule has 1 amide bonds. The second-order valence-electron chi connectivity index (χ2n) is 3.99. The molecule has 0 aliphatic carbocycles. The second-order valence-corrected chi connectivity index (χ2v) is 4.40. The van der Waals surface area contributed by atoms with Gasteiger partial charge in [0.05, 0.1) is 17.3 Å². The fourth-order valence-corrected chi connectivity index (χ4v) is 1.60. The summed E-state index contributed by atoms with van der Waals surface area (Å²) >= 11 is 5.51. The Labute approximate surface area is 120 Å². The van der Waals surface area contributed by atoms with E-state index >= 15 is 0 Å². The zero-order valence-electron chi connectivity index (χ0n) is 10.5. The molecule has 0 fully saturated rings. The normalized spacial score (nSPS) is 10.1. The lowest BCUT2D eigenvalue weighted by Crippen LogP contribution is -2.24. The number of hydrogen-bond donors (Lipinski definition) is 1. The topological polar surface area (TPSA) is 51.2 Å². The first kappa shape index (κ1) is 14.3. The highest BCUT2D eigenvalue weighted by Crippen LogP contribution is 2.11. The molecule has 4 nitrogen and oxygen atoms in total. The van der Waals surface area contributed by atoms with E-state index in [0.717, 1.165) is 5.56 Å². The van der Waals surface area contributed by atoms with E-state index in [1.165, 1.54) is 12.1 Å². The molecule has 6 heteroatoms. The van der Waals surface area contributed by atoms with Crippen LogP contribution >= 0.6 is 11.6 Å². The molecule has 2 rings (SSSR count). The first-order valence-corrected chi connectivity index (χ1v) is 6.28. The van der Waals surface area contributed by atoms with Gasteiger partial charge in [-0.2, -0.15) is 4.39 Å². The molecule has 1 N–H and O–H groups in total. The number of ether oxygens (including phenoxy) is 1. The van der Waals surface area contributed by atoms with E-state index in [0.29, 0.717) is 5.69 Å². The third-order valence-electron chi connectivity index (χ3n) is 2.49. The molecule has 1 heterocycles. The maximum atomic E-state index is 13.1. The molecule has 104 valence electrons. The van der Waals surface area contributed by atoms with Crippen molar-refractivity contribution >= 4 is 17.7 Å². The zero-order chi connectivity index (χ0) is 14.4. The molecule has 0 bridgehead atoms. The van der Waals surface area contributed by atoms with Crippen LogP contribution in [0.1, 0.15) is 11.3 Å². The lowest BCUT2D eigenvalue weighted by Gasteiger charge is -2.07. The molecule has 0 atom stereocenters. The van der Waals surface area contributed by atoms with Crippen molar-refractivity contribution in [2.75, 3.05) is 0 Å². The van der Waals surface area contributed by atoms with Crippen LogP contribution in [0.15, 0.2) is 42.5 Å². The van der Waals surface area contributed by atoms with E-state index in [1.807, 2.05) is 30.3 Å². The van der Waals surface area contributed by atoms with Crippen LogP contribution in [0.3, 0.4) is 0 Å². The van der Waals surface area contributed by atoms with Gasteiger partial charge in [0.25, 0.3) is 0 Å². The summed E-state index contributed by atoms with van der Waals surface area (Å²) in [5.74, 6) is -0.761. The number of nitrogens with one attached hydrogen (secondary N) is 1. The molecule has 0 saturated carbocycles. The maximum absolute atomic E-state index is 13.1. The fraction of sp³-hybridized carbons (Fsp3) is 0.143. The van der Waals surface area contributed by atoms with Crippen molar-refractivity contribution < 1.29 is 13.9 Å². The van der Waals surface area contributed by atoms with Crippen molar-refractivity contribution in [2.45, 2.75) is 13.2 Å². The van der Waals surface area contributed by atoms with E-state index in [-0.39, 0.29) is 18.2 Å². The SMILES string of the molecule is O=C(NCc1ccc(Cl)c(F)n1)OCc1ccccc1. The number of pyridine rings is 1. The molecule has 0 aliphatic rings. The molecular formula is C14H12ClFN2O2. The lowest BCUT2D eigenvalue weighted by atomic mass is 10.2. The number of nitrogens with zero attached hydrogens (tertiary/aromatic N) is 1. The summed E-state index contributed by atoms with van der Waals surface area (Å²) in [4.78, 5) is 15.1. The van der Waals surface area contributed by atoms with Gasteiger partial charge in [0.1, 0.15) is 6.61 Å².